The van der Waals surface area contributed by atoms with Crippen LogP contribution in [0.15, 0.2) is 0 Å². The van der Waals surface area contributed by atoms with Gasteiger partial charge in [0.25, 0.3) is 0 Å². The molecular formula is C16H32N2O3. The number of carbonyl (C=O) groups is 1. The van der Waals surface area contributed by atoms with Crippen LogP contribution < -0.4 is 5.32 Å². The third-order valence-corrected chi connectivity index (χ3v) is 4.79. The van der Waals surface area contributed by atoms with Gasteiger partial charge in [0.1, 0.15) is 5.54 Å². The Balaban J connectivity index is 2.69. The van der Waals surface area contributed by atoms with Crippen molar-refractivity contribution in [2.45, 2.75) is 64.1 Å². The molecule has 3 atom stereocenters. The SMILES string of the molecule is CCOC(=O)C(C)(CC(C)N1CCCC(C)(OC)C1)NC. The van der Waals surface area contributed by atoms with Gasteiger partial charge in [-0.05, 0) is 60.5 Å². The summed E-state index contributed by atoms with van der Waals surface area (Å²) in [6, 6.07) is 0.293. The van der Waals surface area contributed by atoms with Crippen molar-refractivity contribution in [3.8, 4) is 0 Å². The first kappa shape index (κ1) is 18.4. The molecule has 0 aromatic rings. The van der Waals surface area contributed by atoms with Crippen LogP contribution in [0, 0.1) is 0 Å². The number of methoxy groups -OCH3 is 1. The number of hydrogen-bond acceptors (Lipinski definition) is 5. The number of esters is 1. The highest BCUT2D eigenvalue weighted by Gasteiger charge is 2.39. The molecule has 5 nitrogen and oxygen atoms in total. The molecule has 1 aliphatic rings. The standard InChI is InChI=1S/C16H32N2O3/c1-7-21-14(19)16(4,17-5)11-13(2)18-10-8-9-15(3,12-18)20-6/h13,17H,7-12H2,1-6H3. The van der Waals surface area contributed by atoms with E-state index >= 15 is 0 Å². The third-order valence-electron chi connectivity index (χ3n) is 4.79. The molecule has 1 fully saturated rings. The van der Waals surface area contributed by atoms with Gasteiger partial charge in [0.15, 0.2) is 0 Å². The Bertz CT molecular complexity index is 350. The van der Waals surface area contributed by atoms with Crippen LogP contribution in [0.3, 0.4) is 0 Å². The quantitative estimate of drug-likeness (QED) is 0.727. The number of piperidine rings is 1. The maximum atomic E-state index is 12.2. The first-order chi connectivity index (χ1) is 9.80. The topological polar surface area (TPSA) is 50.8 Å². The lowest BCUT2D eigenvalue weighted by atomic mass is 9.89. The van der Waals surface area contributed by atoms with Gasteiger partial charge in [0.05, 0.1) is 12.2 Å². The van der Waals surface area contributed by atoms with Crippen LogP contribution in [-0.2, 0) is 14.3 Å². The van der Waals surface area contributed by atoms with Crippen molar-refractivity contribution in [3.63, 3.8) is 0 Å². The molecule has 0 amide bonds. The minimum atomic E-state index is -0.643. The van der Waals surface area contributed by atoms with E-state index in [9.17, 15) is 4.79 Å². The van der Waals surface area contributed by atoms with Crippen LogP contribution in [-0.4, -0.2) is 61.9 Å². The molecule has 124 valence electrons. The van der Waals surface area contributed by atoms with Gasteiger partial charge in [-0.1, -0.05) is 0 Å². The first-order valence-electron chi connectivity index (χ1n) is 7.95. The van der Waals surface area contributed by atoms with Gasteiger partial charge < -0.3 is 14.8 Å². The number of likely N-dealkylation sites (tertiary alicyclic amines) is 1. The molecule has 1 saturated heterocycles. The van der Waals surface area contributed by atoms with E-state index in [0.717, 1.165) is 32.4 Å². The number of rotatable bonds is 7. The predicted molar refractivity (Wildman–Crippen MR) is 84.4 cm³/mol. The van der Waals surface area contributed by atoms with E-state index in [0.29, 0.717) is 12.6 Å². The van der Waals surface area contributed by atoms with Crippen LogP contribution in [0.2, 0.25) is 0 Å². The molecule has 0 spiro atoms. The largest absolute Gasteiger partial charge is 0.465 e. The molecule has 1 rings (SSSR count). The molecular weight excluding hydrogens is 268 g/mol. The highest BCUT2D eigenvalue weighted by atomic mass is 16.5. The fourth-order valence-electron chi connectivity index (χ4n) is 3.08. The summed E-state index contributed by atoms with van der Waals surface area (Å²) < 4.78 is 10.9. The highest BCUT2D eigenvalue weighted by Crippen LogP contribution is 2.27. The Kier molecular flexibility index (Phi) is 6.63. The van der Waals surface area contributed by atoms with Crippen LogP contribution in [0.5, 0.6) is 0 Å². The van der Waals surface area contributed by atoms with E-state index in [-0.39, 0.29) is 11.6 Å². The van der Waals surface area contributed by atoms with Crippen molar-refractivity contribution in [1.82, 2.24) is 10.2 Å². The predicted octanol–water partition coefficient (Wildman–Crippen LogP) is 1.81. The van der Waals surface area contributed by atoms with Crippen molar-refractivity contribution in [1.29, 1.82) is 0 Å². The van der Waals surface area contributed by atoms with Crippen LogP contribution in [0.4, 0.5) is 0 Å². The molecule has 0 saturated carbocycles. The second kappa shape index (κ2) is 7.56. The van der Waals surface area contributed by atoms with E-state index in [1.165, 1.54) is 0 Å². The van der Waals surface area contributed by atoms with Crippen molar-refractivity contribution in [2.24, 2.45) is 0 Å². The summed E-state index contributed by atoms with van der Waals surface area (Å²) in [4.78, 5) is 14.6. The minimum Gasteiger partial charge on any atom is -0.465 e. The summed E-state index contributed by atoms with van der Waals surface area (Å²) in [5, 5.41) is 3.14. The van der Waals surface area contributed by atoms with Crippen LogP contribution in [0.1, 0.15) is 47.0 Å². The van der Waals surface area contributed by atoms with Gasteiger partial charge in [-0.3, -0.25) is 9.69 Å². The van der Waals surface area contributed by atoms with E-state index in [1.54, 1.807) is 7.11 Å². The summed E-state index contributed by atoms with van der Waals surface area (Å²) >= 11 is 0. The van der Waals surface area contributed by atoms with Crippen LogP contribution >= 0.6 is 0 Å². The summed E-state index contributed by atoms with van der Waals surface area (Å²) in [5.74, 6) is -0.175. The smallest absolute Gasteiger partial charge is 0.326 e. The lowest BCUT2D eigenvalue weighted by molar-refractivity contribution is -0.151. The Labute approximate surface area is 129 Å². The maximum absolute atomic E-state index is 12.2. The molecule has 0 radical (unpaired) electrons. The van der Waals surface area contributed by atoms with Gasteiger partial charge in [-0.25, -0.2) is 0 Å². The molecule has 1 heterocycles. The van der Waals surface area contributed by atoms with Crippen molar-refractivity contribution in [3.05, 3.63) is 0 Å². The van der Waals surface area contributed by atoms with E-state index in [4.69, 9.17) is 9.47 Å². The monoisotopic (exact) mass is 300 g/mol. The van der Waals surface area contributed by atoms with E-state index in [1.807, 2.05) is 20.9 Å². The molecule has 1 aliphatic heterocycles. The average Bonchev–Trinajstić information content (AvgIpc) is 2.47. The van der Waals surface area contributed by atoms with Crippen LogP contribution in [0.25, 0.3) is 0 Å². The fourth-order valence-corrected chi connectivity index (χ4v) is 3.08. The summed E-state index contributed by atoms with van der Waals surface area (Å²) in [6.07, 6.45) is 2.94. The van der Waals surface area contributed by atoms with Gasteiger partial charge >= 0.3 is 5.97 Å². The second-order valence-electron chi connectivity index (χ2n) is 6.58. The number of nitrogens with zero attached hydrogens (tertiary/aromatic N) is 1. The zero-order valence-corrected chi connectivity index (χ0v) is 14.5. The van der Waals surface area contributed by atoms with Gasteiger partial charge in [0, 0.05) is 19.7 Å². The fraction of sp³-hybridized carbons (Fsp3) is 0.938. The Morgan fingerprint density at radius 3 is 2.71 bits per heavy atom. The molecule has 0 aromatic carbocycles. The van der Waals surface area contributed by atoms with E-state index < -0.39 is 5.54 Å². The van der Waals surface area contributed by atoms with E-state index in [2.05, 4.69) is 24.1 Å². The zero-order chi connectivity index (χ0) is 16.1. The second-order valence-corrected chi connectivity index (χ2v) is 6.58. The summed E-state index contributed by atoms with van der Waals surface area (Å²) in [5.41, 5.74) is -0.719. The van der Waals surface area contributed by atoms with Gasteiger partial charge in [0.2, 0.25) is 0 Å². The first-order valence-corrected chi connectivity index (χ1v) is 7.95. The Morgan fingerprint density at radius 2 is 2.19 bits per heavy atom. The van der Waals surface area contributed by atoms with Crippen molar-refractivity contribution >= 4 is 5.97 Å². The number of nitrogens with one attached hydrogen (secondary N) is 1. The van der Waals surface area contributed by atoms with Crippen molar-refractivity contribution in [2.75, 3.05) is 33.9 Å². The molecule has 0 aliphatic carbocycles. The minimum absolute atomic E-state index is 0.0769. The Morgan fingerprint density at radius 1 is 1.52 bits per heavy atom. The lowest BCUT2D eigenvalue weighted by Crippen LogP contribution is -2.56. The zero-order valence-electron chi connectivity index (χ0n) is 14.5. The maximum Gasteiger partial charge on any atom is 0.326 e. The highest BCUT2D eigenvalue weighted by molar-refractivity contribution is 5.80. The number of hydrogen-bond donors (Lipinski definition) is 1. The molecule has 21 heavy (non-hydrogen) atoms. The molecule has 0 bridgehead atoms. The third kappa shape index (κ3) is 4.66. The molecule has 3 unspecified atom stereocenters. The molecule has 5 heteroatoms. The summed E-state index contributed by atoms with van der Waals surface area (Å²) in [7, 11) is 3.60. The average molecular weight is 300 g/mol. The number of ether oxygens (including phenoxy) is 2. The lowest BCUT2D eigenvalue weighted by Gasteiger charge is -2.44. The van der Waals surface area contributed by atoms with Gasteiger partial charge in [-0.15, -0.1) is 0 Å². The van der Waals surface area contributed by atoms with Crippen molar-refractivity contribution < 1.29 is 14.3 Å². The normalized spacial score (nSPS) is 27.9. The Hall–Kier alpha value is -0.650. The van der Waals surface area contributed by atoms with Gasteiger partial charge in [-0.2, -0.15) is 0 Å². The summed E-state index contributed by atoms with van der Waals surface area (Å²) in [6.45, 7) is 10.5. The molecule has 0 aromatic heterocycles. The molecule has 1 N–H and O–H groups in total. The number of carbonyl (C=O) groups excluding carboxylic acids is 1. The number of likely N-dealkylation sites (N-methyl/N-ethyl adjacent to an activating group) is 1.